The van der Waals surface area contributed by atoms with Crippen LogP contribution in [-0.4, -0.2) is 17.3 Å². The lowest BCUT2D eigenvalue weighted by atomic mass is 10.1. The number of benzene rings is 2. The van der Waals surface area contributed by atoms with Gasteiger partial charge in [0.15, 0.2) is 0 Å². The highest BCUT2D eigenvalue weighted by molar-refractivity contribution is 7.10. The van der Waals surface area contributed by atoms with Gasteiger partial charge in [-0.25, -0.2) is 4.99 Å². The van der Waals surface area contributed by atoms with Gasteiger partial charge in [0, 0.05) is 22.5 Å². The average molecular weight is 431 g/mol. The molecule has 10 heteroatoms. The second kappa shape index (κ2) is 7.64. The molecule has 2 aromatic carbocycles. The van der Waals surface area contributed by atoms with Crippen LogP contribution < -0.4 is 25.5 Å². The smallest absolute Gasteiger partial charge is 0.406 e. The van der Waals surface area contributed by atoms with Gasteiger partial charge in [-0.1, -0.05) is 35.6 Å². The molecule has 1 aliphatic rings. The van der Waals surface area contributed by atoms with Crippen molar-refractivity contribution >= 4 is 40.9 Å². The van der Waals surface area contributed by atoms with Crippen LogP contribution >= 0.6 is 11.3 Å². The molecular weight excluding hydrogens is 419 g/mol. The van der Waals surface area contributed by atoms with Gasteiger partial charge in [0.05, 0.1) is 10.2 Å². The lowest BCUT2D eigenvalue weighted by molar-refractivity contribution is -0.274. The number of anilines is 2. The maximum atomic E-state index is 12.4. The number of aromatic nitrogens is 1. The number of nitrogens with one attached hydrogen (secondary N) is 2. The van der Waals surface area contributed by atoms with E-state index in [0.717, 1.165) is 28.7 Å². The van der Waals surface area contributed by atoms with E-state index in [1.54, 1.807) is 18.2 Å². The summed E-state index contributed by atoms with van der Waals surface area (Å²) in [5, 5.41) is 4.17. The van der Waals surface area contributed by atoms with E-state index >= 15 is 0 Å². The number of alkyl halides is 3. The Morgan fingerprint density at radius 2 is 1.90 bits per heavy atom. The van der Waals surface area contributed by atoms with Crippen LogP contribution in [0.4, 0.5) is 24.7 Å². The zero-order valence-corrected chi connectivity index (χ0v) is 15.8. The van der Waals surface area contributed by atoms with Gasteiger partial charge in [-0.3, -0.25) is 14.6 Å². The summed E-state index contributed by atoms with van der Waals surface area (Å²) in [5.74, 6) is -0.626. The summed E-state index contributed by atoms with van der Waals surface area (Å²) in [6.07, 6.45) is -1.65. The molecule has 1 aromatic heterocycles. The lowest BCUT2D eigenvalue weighted by Gasteiger charge is -2.11. The highest BCUT2D eigenvalue weighted by atomic mass is 32.1. The molecule has 6 nitrogen and oxygen atoms in total. The van der Waals surface area contributed by atoms with Gasteiger partial charge in [-0.2, -0.15) is 0 Å². The largest absolute Gasteiger partial charge is 0.573 e. The minimum Gasteiger partial charge on any atom is -0.406 e. The van der Waals surface area contributed by atoms with E-state index in [4.69, 9.17) is 0 Å². The third-order valence-electron chi connectivity index (χ3n) is 4.02. The third-order valence-corrected chi connectivity index (χ3v) is 4.85. The molecule has 0 atom stereocenters. The van der Waals surface area contributed by atoms with Gasteiger partial charge in [0.25, 0.3) is 5.91 Å². The Kier molecular flexibility index (Phi) is 5.00. The topological polar surface area (TPSA) is 83.5 Å². The lowest BCUT2D eigenvalue weighted by Crippen LogP contribution is -2.29. The van der Waals surface area contributed by atoms with E-state index in [9.17, 15) is 22.8 Å². The molecule has 3 aromatic rings. The first kappa shape index (κ1) is 19.6. The zero-order valence-electron chi connectivity index (χ0n) is 15.0. The Balaban J connectivity index is 1.67. The van der Waals surface area contributed by atoms with Crippen LogP contribution in [0.2, 0.25) is 0 Å². The maximum absolute atomic E-state index is 12.4. The van der Waals surface area contributed by atoms with Crippen molar-refractivity contribution in [3.63, 3.8) is 0 Å². The Hall–Kier alpha value is -3.66. The van der Waals surface area contributed by atoms with E-state index in [1.807, 2.05) is 12.1 Å². The number of halogens is 3. The fourth-order valence-corrected chi connectivity index (χ4v) is 3.55. The number of rotatable bonds is 4. The molecule has 2 heterocycles. The zero-order chi connectivity index (χ0) is 21.3. The quantitative estimate of drug-likeness (QED) is 0.622. The van der Waals surface area contributed by atoms with Crippen LogP contribution in [0.25, 0.3) is 12.2 Å². The van der Waals surface area contributed by atoms with E-state index in [-0.39, 0.29) is 17.1 Å². The van der Waals surface area contributed by atoms with Crippen molar-refractivity contribution in [2.45, 2.75) is 6.36 Å². The number of carbonyl (C=O) groups is 1. The Morgan fingerprint density at radius 3 is 2.70 bits per heavy atom. The number of fused-ring (bicyclic) bond motifs is 1. The standard InChI is InChI=1S/C20H12F3N3O3S/c21-20(22,23)29-14-6-3-5-13(10-14)24-17-16(30-19(28)26-17)9-12-8-11-4-1-2-7-15(11)25-18(12)27/h1-10,24H,(H,26,28). The summed E-state index contributed by atoms with van der Waals surface area (Å²) >= 11 is 0.850. The van der Waals surface area contributed by atoms with E-state index in [0.29, 0.717) is 10.2 Å². The van der Waals surface area contributed by atoms with Crippen LogP contribution in [0, 0.1) is 0 Å². The molecule has 152 valence electrons. The summed E-state index contributed by atoms with van der Waals surface area (Å²) in [6, 6.07) is 12.3. The summed E-state index contributed by atoms with van der Waals surface area (Å²) in [6.45, 7) is 0. The molecule has 0 bridgehead atoms. The molecule has 0 saturated carbocycles. The number of aromatic amines is 1. The molecule has 4 rings (SSSR count). The molecule has 30 heavy (non-hydrogen) atoms. The number of ether oxygens (including phenoxy) is 1. The number of hydrogen-bond donors (Lipinski definition) is 2. The summed E-state index contributed by atoms with van der Waals surface area (Å²) in [7, 11) is 0. The second-order valence-corrected chi connectivity index (χ2v) is 7.19. The number of para-hydroxylation sites is 1. The summed E-state index contributed by atoms with van der Waals surface area (Å²) < 4.78 is 41.2. The number of H-pyrrole nitrogens is 1. The van der Waals surface area contributed by atoms with Gasteiger partial charge >= 0.3 is 11.2 Å². The van der Waals surface area contributed by atoms with Gasteiger partial charge in [0.1, 0.15) is 11.6 Å². The van der Waals surface area contributed by atoms with E-state index in [2.05, 4.69) is 20.0 Å². The number of amides is 1. The van der Waals surface area contributed by atoms with Crippen LogP contribution in [0.1, 0.15) is 4.88 Å². The Bertz CT molecular complexity index is 1340. The number of thiazole rings is 1. The maximum Gasteiger partial charge on any atom is 0.573 e. The van der Waals surface area contributed by atoms with Gasteiger partial charge in [0.2, 0.25) is 0 Å². The SMILES string of the molecule is O=C1N=c2ccccc2=CC1=Cc1sc(=O)[nH]c1Nc1cccc(OC(F)(F)F)c1. The minimum absolute atomic E-state index is 0.238. The first-order valence-electron chi connectivity index (χ1n) is 8.54. The fourth-order valence-electron chi connectivity index (χ4n) is 2.81. The minimum atomic E-state index is -4.82. The van der Waals surface area contributed by atoms with Gasteiger partial charge in [-0.15, -0.1) is 13.2 Å². The van der Waals surface area contributed by atoms with Crippen LogP contribution in [-0.2, 0) is 4.79 Å². The molecule has 0 radical (unpaired) electrons. The Morgan fingerprint density at radius 1 is 1.10 bits per heavy atom. The predicted molar refractivity (Wildman–Crippen MR) is 106 cm³/mol. The third kappa shape index (κ3) is 4.49. The second-order valence-electron chi connectivity index (χ2n) is 6.17. The van der Waals surface area contributed by atoms with Crippen LogP contribution in [0.15, 0.2) is 63.9 Å². The highest BCUT2D eigenvalue weighted by Gasteiger charge is 2.31. The van der Waals surface area contributed by atoms with Gasteiger partial charge in [-0.05, 0) is 30.4 Å². The normalized spacial score (nSPS) is 14.6. The van der Waals surface area contributed by atoms with Crippen molar-refractivity contribution in [1.82, 2.24) is 4.98 Å². The fraction of sp³-hybridized carbons (Fsp3) is 0.0500. The first-order valence-corrected chi connectivity index (χ1v) is 9.36. The van der Waals surface area contributed by atoms with Crippen molar-refractivity contribution in [2.75, 3.05) is 5.32 Å². The molecule has 0 unspecified atom stereocenters. The molecular formula is C20H12F3N3O3S. The monoisotopic (exact) mass is 431 g/mol. The van der Waals surface area contributed by atoms with Crippen molar-refractivity contribution in [3.8, 4) is 5.75 Å². The van der Waals surface area contributed by atoms with Crippen LogP contribution in [0.5, 0.6) is 5.75 Å². The van der Waals surface area contributed by atoms with Crippen molar-refractivity contribution in [3.05, 3.63) is 79.2 Å². The Labute approximate surface area is 170 Å². The highest BCUT2D eigenvalue weighted by Crippen LogP contribution is 2.28. The summed E-state index contributed by atoms with van der Waals surface area (Å²) in [4.78, 5) is 30.8. The van der Waals surface area contributed by atoms with Gasteiger partial charge < -0.3 is 10.1 Å². The molecule has 0 spiro atoms. The van der Waals surface area contributed by atoms with E-state index in [1.165, 1.54) is 18.2 Å². The number of hydrogen-bond acceptors (Lipinski definition) is 5. The van der Waals surface area contributed by atoms with Crippen LogP contribution in [0.3, 0.4) is 0 Å². The molecule has 1 amide bonds. The molecule has 0 fully saturated rings. The number of carbonyl (C=O) groups excluding carboxylic acids is 1. The van der Waals surface area contributed by atoms with Crippen molar-refractivity contribution in [1.29, 1.82) is 0 Å². The predicted octanol–water partition coefficient (Wildman–Crippen LogP) is 3.10. The number of nitrogens with zero attached hydrogens (tertiary/aromatic N) is 1. The van der Waals surface area contributed by atoms with E-state index < -0.39 is 22.9 Å². The van der Waals surface area contributed by atoms with Crippen molar-refractivity contribution < 1.29 is 22.7 Å². The summed E-state index contributed by atoms with van der Waals surface area (Å²) in [5.41, 5.74) is 0.542. The average Bonchev–Trinajstić information content (AvgIpc) is 3.00. The molecule has 0 aliphatic carbocycles. The molecule has 2 N–H and O–H groups in total. The van der Waals surface area contributed by atoms with Crippen molar-refractivity contribution in [2.24, 2.45) is 4.99 Å². The first-order chi connectivity index (χ1) is 14.3. The molecule has 1 aliphatic heterocycles. The molecule has 0 saturated heterocycles.